The lowest BCUT2D eigenvalue weighted by Gasteiger charge is -2.24. The van der Waals surface area contributed by atoms with Gasteiger partial charge in [-0.2, -0.15) is 0 Å². The first-order valence-electron chi connectivity index (χ1n) is 7.39. The Labute approximate surface area is 119 Å². The van der Waals surface area contributed by atoms with Crippen LogP contribution in [0.3, 0.4) is 0 Å². The molecule has 0 bridgehead atoms. The first kappa shape index (κ1) is 18.8. The van der Waals surface area contributed by atoms with Gasteiger partial charge in [-0.15, -0.1) is 0 Å². The molecular formula is C15H33NO3. The SMILES string of the molecule is CCC(CCOCCOCCOC)CNC(C)(C)C. The second kappa shape index (κ2) is 11.6. The van der Waals surface area contributed by atoms with Crippen LogP contribution < -0.4 is 5.32 Å². The van der Waals surface area contributed by atoms with Gasteiger partial charge in [0.2, 0.25) is 0 Å². The summed E-state index contributed by atoms with van der Waals surface area (Å²) in [5.74, 6) is 0.689. The highest BCUT2D eigenvalue weighted by Gasteiger charge is 2.12. The molecule has 0 saturated heterocycles. The van der Waals surface area contributed by atoms with Gasteiger partial charge in [0.1, 0.15) is 0 Å². The minimum Gasteiger partial charge on any atom is -0.382 e. The van der Waals surface area contributed by atoms with Crippen molar-refractivity contribution in [3.63, 3.8) is 0 Å². The molecule has 4 nitrogen and oxygen atoms in total. The topological polar surface area (TPSA) is 39.7 Å². The first-order valence-corrected chi connectivity index (χ1v) is 7.39. The Hall–Kier alpha value is -0.160. The van der Waals surface area contributed by atoms with Crippen LogP contribution in [-0.4, -0.2) is 52.2 Å². The third kappa shape index (κ3) is 14.1. The molecule has 1 unspecified atom stereocenters. The minimum absolute atomic E-state index is 0.198. The zero-order chi connectivity index (χ0) is 14.6. The first-order chi connectivity index (χ1) is 8.99. The van der Waals surface area contributed by atoms with Crippen molar-refractivity contribution in [2.45, 2.75) is 46.1 Å². The molecule has 0 spiro atoms. The molecule has 0 aromatic rings. The summed E-state index contributed by atoms with van der Waals surface area (Å²) in [5, 5.41) is 3.55. The largest absolute Gasteiger partial charge is 0.382 e. The maximum Gasteiger partial charge on any atom is 0.0701 e. The molecule has 4 heteroatoms. The third-order valence-electron chi connectivity index (χ3n) is 2.97. The lowest BCUT2D eigenvalue weighted by atomic mass is 10.0. The van der Waals surface area contributed by atoms with E-state index in [1.807, 2.05) is 0 Å². The number of hydrogen-bond donors (Lipinski definition) is 1. The van der Waals surface area contributed by atoms with Crippen molar-refractivity contribution >= 4 is 0 Å². The van der Waals surface area contributed by atoms with Gasteiger partial charge in [0, 0.05) is 19.3 Å². The standard InChI is InChI=1S/C15H33NO3/c1-6-14(13-16-15(2,3)4)7-8-18-11-12-19-10-9-17-5/h14,16H,6-13H2,1-5H3. The lowest BCUT2D eigenvalue weighted by Crippen LogP contribution is -2.39. The second-order valence-electron chi connectivity index (χ2n) is 5.91. The Morgan fingerprint density at radius 3 is 2.05 bits per heavy atom. The van der Waals surface area contributed by atoms with Gasteiger partial charge in [-0.3, -0.25) is 0 Å². The highest BCUT2D eigenvalue weighted by Crippen LogP contribution is 2.09. The third-order valence-corrected chi connectivity index (χ3v) is 2.97. The summed E-state index contributed by atoms with van der Waals surface area (Å²) in [5.41, 5.74) is 0.198. The monoisotopic (exact) mass is 275 g/mol. The molecule has 0 aliphatic heterocycles. The molecular weight excluding hydrogens is 242 g/mol. The van der Waals surface area contributed by atoms with Gasteiger partial charge in [0.25, 0.3) is 0 Å². The van der Waals surface area contributed by atoms with E-state index in [1.54, 1.807) is 7.11 Å². The van der Waals surface area contributed by atoms with Gasteiger partial charge in [-0.1, -0.05) is 13.3 Å². The molecule has 0 aliphatic carbocycles. The Morgan fingerprint density at radius 1 is 0.947 bits per heavy atom. The second-order valence-corrected chi connectivity index (χ2v) is 5.91. The molecule has 0 heterocycles. The zero-order valence-electron chi connectivity index (χ0n) is 13.5. The van der Waals surface area contributed by atoms with E-state index in [9.17, 15) is 0 Å². The van der Waals surface area contributed by atoms with Crippen LogP contribution in [0.15, 0.2) is 0 Å². The molecule has 0 amide bonds. The molecule has 1 N–H and O–H groups in total. The lowest BCUT2D eigenvalue weighted by molar-refractivity contribution is 0.0216. The average molecular weight is 275 g/mol. The van der Waals surface area contributed by atoms with E-state index in [-0.39, 0.29) is 5.54 Å². The summed E-state index contributed by atoms with van der Waals surface area (Å²) >= 11 is 0. The summed E-state index contributed by atoms with van der Waals surface area (Å²) in [6, 6.07) is 0. The van der Waals surface area contributed by atoms with Crippen LogP contribution >= 0.6 is 0 Å². The van der Waals surface area contributed by atoms with Crippen LogP contribution in [0.4, 0.5) is 0 Å². The Kier molecular flexibility index (Phi) is 11.6. The Morgan fingerprint density at radius 2 is 1.53 bits per heavy atom. The van der Waals surface area contributed by atoms with E-state index in [0.717, 1.165) is 19.6 Å². The molecule has 1 atom stereocenters. The number of hydrogen-bond acceptors (Lipinski definition) is 4. The van der Waals surface area contributed by atoms with Crippen LogP contribution in [0.25, 0.3) is 0 Å². The normalized spacial score (nSPS) is 13.7. The van der Waals surface area contributed by atoms with Crippen molar-refractivity contribution in [3.8, 4) is 0 Å². The van der Waals surface area contributed by atoms with E-state index in [0.29, 0.717) is 32.3 Å². The summed E-state index contributed by atoms with van der Waals surface area (Å²) in [6.07, 6.45) is 2.30. The fourth-order valence-corrected chi connectivity index (χ4v) is 1.62. The van der Waals surface area contributed by atoms with Gasteiger partial charge >= 0.3 is 0 Å². The summed E-state index contributed by atoms with van der Waals surface area (Å²) in [7, 11) is 1.68. The van der Waals surface area contributed by atoms with Crippen LogP contribution in [0.5, 0.6) is 0 Å². The maximum absolute atomic E-state index is 5.58. The van der Waals surface area contributed by atoms with Crippen LogP contribution in [0.1, 0.15) is 40.5 Å². The summed E-state index contributed by atoms with van der Waals surface area (Å²) in [6.45, 7) is 13.3. The van der Waals surface area contributed by atoms with Crippen molar-refractivity contribution in [2.24, 2.45) is 5.92 Å². The summed E-state index contributed by atoms with van der Waals surface area (Å²) in [4.78, 5) is 0. The van der Waals surface area contributed by atoms with Gasteiger partial charge in [0.05, 0.1) is 26.4 Å². The molecule has 0 fully saturated rings. The molecule has 19 heavy (non-hydrogen) atoms. The molecule has 0 aromatic carbocycles. The number of nitrogens with one attached hydrogen (secondary N) is 1. The van der Waals surface area contributed by atoms with Crippen molar-refractivity contribution in [1.29, 1.82) is 0 Å². The van der Waals surface area contributed by atoms with Gasteiger partial charge in [-0.05, 0) is 39.7 Å². The molecule has 0 rings (SSSR count). The predicted molar refractivity (Wildman–Crippen MR) is 79.7 cm³/mol. The van der Waals surface area contributed by atoms with E-state index < -0.39 is 0 Å². The Balaban J connectivity index is 3.41. The number of methoxy groups -OCH3 is 1. The van der Waals surface area contributed by atoms with Crippen molar-refractivity contribution in [3.05, 3.63) is 0 Å². The number of ether oxygens (including phenoxy) is 3. The van der Waals surface area contributed by atoms with E-state index >= 15 is 0 Å². The molecule has 0 saturated carbocycles. The fourth-order valence-electron chi connectivity index (χ4n) is 1.62. The van der Waals surface area contributed by atoms with Gasteiger partial charge in [0.15, 0.2) is 0 Å². The van der Waals surface area contributed by atoms with E-state index in [4.69, 9.17) is 14.2 Å². The van der Waals surface area contributed by atoms with Crippen LogP contribution in [0.2, 0.25) is 0 Å². The molecule has 0 aromatic heterocycles. The van der Waals surface area contributed by atoms with E-state index in [1.165, 1.54) is 6.42 Å². The van der Waals surface area contributed by atoms with Crippen LogP contribution in [0, 0.1) is 5.92 Å². The van der Waals surface area contributed by atoms with Gasteiger partial charge in [-0.25, -0.2) is 0 Å². The quantitative estimate of drug-likeness (QED) is 0.555. The fraction of sp³-hybridized carbons (Fsp3) is 1.00. The average Bonchev–Trinajstić information content (AvgIpc) is 2.35. The molecule has 116 valence electrons. The summed E-state index contributed by atoms with van der Waals surface area (Å²) < 4.78 is 15.8. The highest BCUT2D eigenvalue weighted by molar-refractivity contribution is 4.72. The molecule has 0 radical (unpaired) electrons. The van der Waals surface area contributed by atoms with Crippen molar-refractivity contribution in [2.75, 3.05) is 46.7 Å². The van der Waals surface area contributed by atoms with Crippen molar-refractivity contribution in [1.82, 2.24) is 5.32 Å². The number of rotatable bonds is 12. The zero-order valence-corrected chi connectivity index (χ0v) is 13.5. The van der Waals surface area contributed by atoms with Crippen molar-refractivity contribution < 1.29 is 14.2 Å². The highest BCUT2D eigenvalue weighted by atomic mass is 16.5. The smallest absolute Gasteiger partial charge is 0.0701 e. The molecule has 0 aliphatic rings. The predicted octanol–water partition coefficient (Wildman–Crippen LogP) is 2.47. The maximum atomic E-state index is 5.58. The van der Waals surface area contributed by atoms with Crippen LogP contribution in [-0.2, 0) is 14.2 Å². The van der Waals surface area contributed by atoms with Gasteiger partial charge < -0.3 is 19.5 Å². The minimum atomic E-state index is 0.198. The van der Waals surface area contributed by atoms with E-state index in [2.05, 4.69) is 33.0 Å². The Bertz CT molecular complexity index is 192.